The van der Waals surface area contributed by atoms with Crippen LogP contribution in [0.15, 0.2) is 0 Å². The molecule has 0 aromatic heterocycles. The molecule has 69 heavy (non-hydrogen) atoms. The normalized spacial score (nSPS) is 12.0. The van der Waals surface area contributed by atoms with E-state index < -0.39 is 6.10 Å². The summed E-state index contributed by atoms with van der Waals surface area (Å²) in [4.78, 5) is 38.3. The van der Waals surface area contributed by atoms with Crippen molar-refractivity contribution in [2.45, 2.75) is 362 Å². The van der Waals surface area contributed by atoms with Crippen molar-refractivity contribution in [1.29, 1.82) is 0 Å². The van der Waals surface area contributed by atoms with Crippen LogP contribution in [0.1, 0.15) is 356 Å². The lowest BCUT2D eigenvalue weighted by Gasteiger charge is -2.18. The summed E-state index contributed by atoms with van der Waals surface area (Å²) in [6, 6.07) is 0. The number of carbonyl (C=O) groups excluding carboxylic acids is 3. The molecule has 0 aromatic carbocycles. The molecule has 6 nitrogen and oxygen atoms in total. The quantitative estimate of drug-likeness (QED) is 0.0343. The molecule has 6 heteroatoms. The van der Waals surface area contributed by atoms with Crippen LogP contribution in [0.4, 0.5) is 0 Å². The fourth-order valence-electron chi connectivity index (χ4n) is 9.76. The zero-order chi connectivity index (χ0) is 50.4. The Balaban J connectivity index is 4.30. The average Bonchev–Trinajstić information content (AvgIpc) is 3.32. The van der Waals surface area contributed by atoms with Crippen LogP contribution in [0.5, 0.6) is 0 Å². The van der Waals surface area contributed by atoms with E-state index in [0.29, 0.717) is 19.3 Å². The van der Waals surface area contributed by atoms with Crippen LogP contribution in [0, 0.1) is 11.8 Å². The molecule has 0 amide bonds. The Morgan fingerprint density at radius 3 is 0.710 bits per heavy atom. The van der Waals surface area contributed by atoms with Crippen molar-refractivity contribution in [2.24, 2.45) is 11.8 Å². The van der Waals surface area contributed by atoms with E-state index >= 15 is 0 Å². The first-order valence-corrected chi connectivity index (χ1v) is 31.2. The summed E-state index contributed by atoms with van der Waals surface area (Å²) in [7, 11) is 0. The molecule has 0 heterocycles. The average molecular weight is 976 g/mol. The maximum atomic E-state index is 12.9. The molecule has 0 aliphatic rings. The second-order valence-corrected chi connectivity index (χ2v) is 22.6. The second-order valence-electron chi connectivity index (χ2n) is 22.6. The Hall–Kier alpha value is -1.59. The summed E-state index contributed by atoms with van der Waals surface area (Å²) < 4.78 is 17.0. The minimum absolute atomic E-state index is 0.0620. The van der Waals surface area contributed by atoms with Gasteiger partial charge in [0.15, 0.2) is 6.10 Å². The Kier molecular flexibility index (Phi) is 54.4. The first kappa shape index (κ1) is 67.4. The Bertz CT molecular complexity index is 1060. The Labute approximate surface area is 431 Å². The summed E-state index contributed by atoms with van der Waals surface area (Å²) in [5.41, 5.74) is 0. The standard InChI is InChI=1S/C63H122O6/c1-6-7-8-9-10-11-12-13-14-15-16-23-28-33-38-43-48-53-61(64)67-56-60(69-63(66)55-50-45-40-35-30-25-20-18-22-27-32-37-42-47-52-59(4)5)57-68-62(65)54-49-44-39-34-29-24-19-17-21-26-31-36-41-46-51-58(2)3/h58-60H,6-57H2,1-5H3/t60-/m1/s1. The van der Waals surface area contributed by atoms with Crippen LogP contribution < -0.4 is 0 Å². The highest BCUT2D eigenvalue weighted by molar-refractivity contribution is 5.71. The van der Waals surface area contributed by atoms with E-state index in [1.54, 1.807) is 0 Å². The molecule has 0 aliphatic carbocycles. The van der Waals surface area contributed by atoms with E-state index in [2.05, 4.69) is 34.6 Å². The molecule has 0 spiro atoms. The van der Waals surface area contributed by atoms with Crippen molar-refractivity contribution < 1.29 is 28.6 Å². The molecule has 0 saturated heterocycles. The van der Waals surface area contributed by atoms with Crippen molar-refractivity contribution in [1.82, 2.24) is 0 Å². The molecule has 0 aromatic rings. The van der Waals surface area contributed by atoms with Crippen molar-refractivity contribution in [3.05, 3.63) is 0 Å². The predicted octanol–water partition coefficient (Wildman–Crippen LogP) is 20.8. The van der Waals surface area contributed by atoms with Crippen LogP contribution in [-0.4, -0.2) is 37.2 Å². The van der Waals surface area contributed by atoms with Gasteiger partial charge in [-0.1, -0.05) is 317 Å². The molecule has 0 unspecified atom stereocenters. The van der Waals surface area contributed by atoms with E-state index in [4.69, 9.17) is 14.2 Å². The first-order chi connectivity index (χ1) is 33.7. The highest BCUT2D eigenvalue weighted by Gasteiger charge is 2.19. The molecule has 0 saturated carbocycles. The van der Waals surface area contributed by atoms with Gasteiger partial charge in [0.05, 0.1) is 0 Å². The summed E-state index contributed by atoms with van der Waals surface area (Å²) >= 11 is 0. The zero-order valence-electron chi connectivity index (χ0n) is 47.5. The van der Waals surface area contributed by atoms with Crippen molar-refractivity contribution >= 4 is 17.9 Å². The molecule has 0 fully saturated rings. The molecule has 0 bridgehead atoms. The third-order valence-corrected chi connectivity index (χ3v) is 14.5. The number of rotatable bonds is 57. The lowest BCUT2D eigenvalue weighted by molar-refractivity contribution is -0.167. The minimum atomic E-state index is -0.763. The molecule has 0 rings (SSSR count). The van der Waals surface area contributed by atoms with Gasteiger partial charge in [-0.05, 0) is 31.1 Å². The van der Waals surface area contributed by atoms with Gasteiger partial charge in [0.1, 0.15) is 13.2 Å². The SMILES string of the molecule is CCCCCCCCCCCCCCCCCCCC(=O)OC[C@H](COC(=O)CCCCCCCCCCCCCCCCC(C)C)OC(=O)CCCCCCCCCCCCCCCCC(C)C. The summed E-state index contributed by atoms with van der Waals surface area (Å²) in [5.74, 6) is 0.856. The lowest BCUT2D eigenvalue weighted by atomic mass is 10.0. The van der Waals surface area contributed by atoms with Crippen LogP contribution in [0.2, 0.25) is 0 Å². The maximum Gasteiger partial charge on any atom is 0.306 e. The molecular formula is C63H122O6. The number of unbranched alkanes of at least 4 members (excludes halogenated alkanes) is 42. The van der Waals surface area contributed by atoms with Gasteiger partial charge in [0.2, 0.25) is 0 Å². The van der Waals surface area contributed by atoms with Gasteiger partial charge >= 0.3 is 17.9 Å². The first-order valence-electron chi connectivity index (χ1n) is 31.2. The number of ether oxygens (including phenoxy) is 3. The van der Waals surface area contributed by atoms with Gasteiger partial charge in [-0.2, -0.15) is 0 Å². The molecule has 0 aliphatic heterocycles. The molecule has 0 radical (unpaired) electrons. The van der Waals surface area contributed by atoms with E-state index in [9.17, 15) is 14.4 Å². The third-order valence-electron chi connectivity index (χ3n) is 14.5. The van der Waals surface area contributed by atoms with Gasteiger partial charge in [-0.15, -0.1) is 0 Å². The van der Waals surface area contributed by atoms with Crippen molar-refractivity contribution in [3.8, 4) is 0 Å². The second kappa shape index (κ2) is 55.7. The van der Waals surface area contributed by atoms with E-state index in [0.717, 1.165) is 69.6 Å². The van der Waals surface area contributed by atoms with Gasteiger partial charge in [0.25, 0.3) is 0 Å². The smallest absolute Gasteiger partial charge is 0.306 e. The Morgan fingerprint density at radius 2 is 0.478 bits per heavy atom. The van der Waals surface area contributed by atoms with Crippen LogP contribution in [-0.2, 0) is 28.6 Å². The van der Waals surface area contributed by atoms with Crippen LogP contribution in [0.3, 0.4) is 0 Å². The topological polar surface area (TPSA) is 78.9 Å². The van der Waals surface area contributed by atoms with Gasteiger partial charge < -0.3 is 14.2 Å². The van der Waals surface area contributed by atoms with Crippen molar-refractivity contribution in [2.75, 3.05) is 13.2 Å². The molecule has 1 atom stereocenters. The fourth-order valence-corrected chi connectivity index (χ4v) is 9.76. The lowest BCUT2D eigenvalue weighted by Crippen LogP contribution is -2.30. The fraction of sp³-hybridized carbons (Fsp3) is 0.952. The number of esters is 3. The number of hydrogen-bond acceptors (Lipinski definition) is 6. The number of hydrogen-bond donors (Lipinski definition) is 0. The van der Waals surface area contributed by atoms with Gasteiger partial charge in [-0.25, -0.2) is 0 Å². The molecule has 0 N–H and O–H groups in total. The predicted molar refractivity (Wildman–Crippen MR) is 298 cm³/mol. The van der Waals surface area contributed by atoms with Crippen LogP contribution in [0.25, 0.3) is 0 Å². The Morgan fingerprint density at radius 1 is 0.275 bits per heavy atom. The highest BCUT2D eigenvalue weighted by atomic mass is 16.6. The van der Waals surface area contributed by atoms with Gasteiger partial charge in [0, 0.05) is 19.3 Å². The summed E-state index contributed by atoms with van der Waals surface area (Å²) in [6.45, 7) is 11.4. The highest BCUT2D eigenvalue weighted by Crippen LogP contribution is 2.19. The zero-order valence-corrected chi connectivity index (χ0v) is 47.5. The monoisotopic (exact) mass is 975 g/mol. The van der Waals surface area contributed by atoms with Crippen molar-refractivity contribution in [3.63, 3.8) is 0 Å². The minimum Gasteiger partial charge on any atom is -0.462 e. The van der Waals surface area contributed by atoms with E-state index in [1.807, 2.05) is 0 Å². The van der Waals surface area contributed by atoms with Crippen LogP contribution >= 0.6 is 0 Å². The maximum absolute atomic E-state index is 12.9. The third kappa shape index (κ3) is 57.2. The van der Waals surface area contributed by atoms with E-state index in [1.165, 1.54) is 244 Å². The summed E-state index contributed by atoms with van der Waals surface area (Å²) in [5, 5.41) is 0. The largest absolute Gasteiger partial charge is 0.462 e. The summed E-state index contributed by atoms with van der Waals surface area (Å²) in [6.07, 6.45) is 61.0. The van der Waals surface area contributed by atoms with E-state index in [-0.39, 0.29) is 31.1 Å². The molecular weight excluding hydrogens is 853 g/mol. The molecule has 410 valence electrons. The van der Waals surface area contributed by atoms with Gasteiger partial charge in [-0.3, -0.25) is 14.4 Å². The number of carbonyl (C=O) groups is 3.